The number of ether oxygens (including phenoxy) is 3. The highest BCUT2D eigenvalue weighted by Crippen LogP contribution is 2.18. The van der Waals surface area contributed by atoms with Crippen molar-refractivity contribution in [1.82, 2.24) is 10.2 Å². The van der Waals surface area contributed by atoms with Gasteiger partial charge < -0.3 is 24.4 Å². The summed E-state index contributed by atoms with van der Waals surface area (Å²) in [6.07, 6.45) is 6.58. The molecule has 2 heterocycles. The predicted molar refractivity (Wildman–Crippen MR) is 125 cm³/mol. The molecular formula is C25H41N3O3. The largest absolute Gasteiger partial charge is 0.376 e. The first-order chi connectivity index (χ1) is 15.1. The maximum absolute atomic E-state index is 6.16. The Hall–Kier alpha value is -1.63. The molecule has 6 heteroatoms. The van der Waals surface area contributed by atoms with Gasteiger partial charge in [-0.1, -0.05) is 24.3 Å². The number of aliphatic imine (C=N–C) groups is 1. The highest BCUT2D eigenvalue weighted by molar-refractivity contribution is 5.80. The number of likely N-dealkylation sites (tertiary alicyclic amines) is 1. The van der Waals surface area contributed by atoms with E-state index in [9.17, 15) is 0 Å². The Morgan fingerprint density at radius 1 is 1.13 bits per heavy atom. The lowest BCUT2D eigenvalue weighted by Gasteiger charge is -2.35. The summed E-state index contributed by atoms with van der Waals surface area (Å²) in [6, 6.07) is 8.58. The molecule has 0 amide bonds. The number of hydrogen-bond donors (Lipinski definition) is 1. The van der Waals surface area contributed by atoms with Gasteiger partial charge in [-0.2, -0.15) is 0 Å². The molecule has 174 valence electrons. The molecular weight excluding hydrogens is 390 g/mol. The molecule has 0 radical (unpaired) electrons. The van der Waals surface area contributed by atoms with Crippen LogP contribution >= 0.6 is 0 Å². The molecule has 2 fully saturated rings. The molecule has 31 heavy (non-hydrogen) atoms. The summed E-state index contributed by atoms with van der Waals surface area (Å²) in [4.78, 5) is 7.26. The van der Waals surface area contributed by atoms with Crippen molar-refractivity contribution in [1.29, 1.82) is 0 Å². The van der Waals surface area contributed by atoms with E-state index in [2.05, 4.69) is 55.3 Å². The van der Waals surface area contributed by atoms with Gasteiger partial charge in [0.2, 0.25) is 0 Å². The molecule has 0 aromatic heterocycles. The normalized spacial score (nSPS) is 21.0. The van der Waals surface area contributed by atoms with Crippen molar-refractivity contribution in [3.05, 3.63) is 35.4 Å². The lowest BCUT2D eigenvalue weighted by atomic mass is 10.1. The summed E-state index contributed by atoms with van der Waals surface area (Å²) < 4.78 is 17.6. The smallest absolute Gasteiger partial charge is 0.194 e. The molecule has 1 aromatic rings. The zero-order chi connectivity index (χ0) is 21.9. The van der Waals surface area contributed by atoms with Crippen molar-refractivity contribution in [2.24, 2.45) is 4.99 Å². The summed E-state index contributed by atoms with van der Waals surface area (Å²) in [5.74, 6) is 1.00. The topological polar surface area (TPSA) is 55.3 Å². The van der Waals surface area contributed by atoms with Crippen LogP contribution in [0.15, 0.2) is 29.3 Å². The van der Waals surface area contributed by atoms with Crippen molar-refractivity contribution in [2.45, 2.75) is 84.3 Å². The molecule has 2 aliphatic heterocycles. The minimum Gasteiger partial charge on any atom is -0.376 e. The Balaban J connectivity index is 1.44. The van der Waals surface area contributed by atoms with Crippen molar-refractivity contribution in [2.75, 3.05) is 32.8 Å². The Kier molecular flexibility index (Phi) is 10.1. The zero-order valence-corrected chi connectivity index (χ0v) is 19.6. The lowest BCUT2D eigenvalue weighted by molar-refractivity contribution is -0.0721. The molecule has 2 saturated heterocycles. The number of rotatable bonds is 9. The van der Waals surface area contributed by atoms with Crippen LogP contribution in [0.3, 0.4) is 0 Å². The molecule has 3 rings (SSSR count). The molecule has 1 unspecified atom stereocenters. The van der Waals surface area contributed by atoms with Crippen LogP contribution in [0, 0.1) is 0 Å². The molecule has 0 aliphatic carbocycles. The van der Waals surface area contributed by atoms with E-state index in [1.807, 2.05) is 0 Å². The van der Waals surface area contributed by atoms with Gasteiger partial charge in [0, 0.05) is 26.2 Å². The van der Waals surface area contributed by atoms with Crippen LogP contribution in [0.25, 0.3) is 0 Å². The van der Waals surface area contributed by atoms with E-state index in [1.165, 1.54) is 24.0 Å². The van der Waals surface area contributed by atoms with E-state index in [1.54, 1.807) is 0 Å². The standard InChI is InChI=1S/C25H41N3O3/c1-4-26-25(27-17-21-8-10-22(11-9-21)18-30-20(2)3)28-14-12-23(13-15-28)31-19-24-7-5-6-16-29-24/h8-11,20,23-24H,4-7,12-19H2,1-3H3,(H,26,27). The van der Waals surface area contributed by atoms with Crippen LogP contribution in [-0.4, -0.2) is 62.0 Å². The van der Waals surface area contributed by atoms with Crippen molar-refractivity contribution in [3.63, 3.8) is 0 Å². The second-order valence-electron chi connectivity index (χ2n) is 8.85. The van der Waals surface area contributed by atoms with Crippen molar-refractivity contribution < 1.29 is 14.2 Å². The van der Waals surface area contributed by atoms with Crippen LogP contribution in [-0.2, 0) is 27.4 Å². The van der Waals surface area contributed by atoms with Gasteiger partial charge in [0.05, 0.1) is 38.1 Å². The van der Waals surface area contributed by atoms with Crippen LogP contribution in [0.5, 0.6) is 0 Å². The van der Waals surface area contributed by atoms with E-state index in [0.717, 1.165) is 58.1 Å². The Morgan fingerprint density at radius 3 is 2.52 bits per heavy atom. The molecule has 6 nitrogen and oxygen atoms in total. The monoisotopic (exact) mass is 431 g/mol. The molecule has 1 N–H and O–H groups in total. The Morgan fingerprint density at radius 2 is 1.87 bits per heavy atom. The number of piperidine rings is 1. The maximum Gasteiger partial charge on any atom is 0.194 e. The van der Waals surface area contributed by atoms with Gasteiger partial charge in [0.25, 0.3) is 0 Å². The quantitative estimate of drug-likeness (QED) is 0.471. The molecule has 1 atom stereocenters. The van der Waals surface area contributed by atoms with Crippen LogP contribution in [0.2, 0.25) is 0 Å². The third-order valence-electron chi connectivity index (χ3n) is 5.89. The Labute approximate surface area is 188 Å². The maximum atomic E-state index is 6.16. The van der Waals surface area contributed by atoms with E-state index < -0.39 is 0 Å². The van der Waals surface area contributed by atoms with E-state index >= 15 is 0 Å². The fourth-order valence-electron chi connectivity index (χ4n) is 4.01. The summed E-state index contributed by atoms with van der Waals surface area (Å²) in [5, 5.41) is 3.46. The second kappa shape index (κ2) is 13.0. The van der Waals surface area contributed by atoms with E-state index in [-0.39, 0.29) is 6.10 Å². The first-order valence-electron chi connectivity index (χ1n) is 12.1. The molecule has 0 bridgehead atoms. The number of guanidine groups is 1. The van der Waals surface area contributed by atoms with Gasteiger partial charge in [0.15, 0.2) is 5.96 Å². The third kappa shape index (κ3) is 8.43. The fraction of sp³-hybridized carbons (Fsp3) is 0.720. The third-order valence-corrected chi connectivity index (χ3v) is 5.89. The van der Waals surface area contributed by atoms with Gasteiger partial charge in [-0.05, 0) is 64.0 Å². The minimum absolute atomic E-state index is 0.252. The van der Waals surface area contributed by atoms with Gasteiger partial charge in [-0.15, -0.1) is 0 Å². The fourth-order valence-corrected chi connectivity index (χ4v) is 4.01. The van der Waals surface area contributed by atoms with Gasteiger partial charge in [-0.3, -0.25) is 0 Å². The SMILES string of the molecule is CCNC(=NCc1ccc(COC(C)C)cc1)N1CCC(OCC2CCCCO2)CC1. The van der Waals surface area contributed by atoms with E-state index in [0.29, 0.717) is 25.4 Å². The average molecular weight is 432 g/mol. The lowest BCUT2D eigenvalue weighted by Crippen LogP contribution is -2.47. The van der Waals surface area contributed by atoms with Gasteiger partial charge in [0.1, 0.15) is 0 Å². The molecule has 0 spiro atoms. The number of nitrogens with one attached hydrogen (secondary N) is 1. The van der Waals surface area contributed by atoms with Crippen LogP contribution in [0.1, 0.15) is 64.0 Å². The number of hydrogen-bond acceptors (Lipinski definition) is 4. The van der Waals surface area contributed by atoms with Crippen molar-refractivity contribution in [3.8, 4) is 0 Å². The van der Waals surface area contributed by atoms with Gasteiger partial charge in [-0.25, -0.2) is 4.99 Å². The summed E-state index contributed by atoms with van der Waals surface area (Å²) in [5.41, 5.74) is 2.42. The summed E-state index contributed by atoms with van der Waals surface area (Å²) >= 11 is 0. The second-order valence-corrected chi connectivity index (χ2v) is 8.85. The van der Waals surface area contributed by atoms with Gasteiger partial charge >= 0.3 is 0 Å². The molecule has 0 saturated carbocycles. The van der Waals surface area contributed by atoms with Crippen LogP contribution < -0.4 is 5.32 Å². The van der Waals surface area contributed by atoms with Crippen molar-refractivity contribution >= 4 is 5.96 Å². The highest BCUT2D eigenvalue weighted by Gasteiger charge is 2.23. The summed E-state index contributed by atoms with van der Waals surface area (Å²) in [7, 11) is 0. The van der Waals surface area contributed by atoms with E-state index in [4.69, 9.17) is 19.2 Å². The summed E-state index contributed by atoms with van der Waals surface area (Å²) in [6.45, 7) is 12.1. The Bertz CT molecular complexity index is 648. The number of nitrogens with zero attached hydrogens (tertiary/aromatic N) is 2. The molecule has 2 aliphatic rings. The predicted octanol–water partition coefficient (Wildman–Crippen LogP) is 4.13. The molecule has 1 aromatic carbocycles. The van der Waals surface area contributed by atoms with Crippen LogP contribution in [0.4, 0.5) is 0 Å². The average Bonchev–Trinajstić information content (AvgIpc) is 2.81. The highest BCUT2D eigenvalue weighted by atomic mass is 16.5. The minimum atomic E-state index is 0.252. The first kappa shape index (κ1) is 24.0. The first-order valence-corrected chi connectivity index (χ1v) is 12.1. The zero-order valence-electron chi connectivity index (χ0n) is 19.6. The number of benzene rings is 1.